The number of amides is 1. The third-order valence-electron chi connectivity index (χ3n) is 2.61. The van der Waals surface area contributed by atoms with Gasteiger partial charge in [-0.05, 0) is 48.7 Å². The van der Waals surface area contributed by atoms with E-state index in [0.29, 0.717) is 11.3 Å². The molecule has 0 radical (unpaired) electrons. The minimum Gasteiger partial charge on any atom is -0.396 e. The summed E-state index contributed by atoms with van der Waals surface area (Å²) in [7, 11) is 0. The Morgan fingerprint density at radius 3 is 2.47 bits per heavy atom. The molecule has 1 amide bonds. The van der Waals surface area contributed by atoms with Gasteiger partial charge in [0, 0.05) is 16.1 Å². The maximum Gasteiger partial charge on any atom is 0.255 e. The van der Waals surface area contributed by atoms with Crippen LogP contribution in [0.2, 0.25) is 0 Å². The third-order valence-corrected chi connectivity index (χ3v) is 3.35. The molecule has 0 saturated carbocycles. The van der Waals surface area contributed by atoms with E-state index in [4.69, 9.17) is 5.73 Å². The fourth-order valence-electron chi connectivity index (χ4n) is 1.56. The maximum atomic E-state index is 13.0. The van der Waals surface area contributed by atoms with Crippen molar-refractivity contribution in [2.75, 3.05) is 17.3 Å². The minimum atomic E-state index is -0.527. The van der Waals surface area contributed by atoms with E-state index in [2.05, 4.69) is 5.32 Å². The van der Waals surface area contributed by atoms with Gasteiger partial charge in [0.15, 0.2) is 0 Å². The molecule has 3 nitrogen and oxygen atoms in total. The molecule has 0 aliphatic heterocycles. The topological polar surface area (TPSA) is 55.1 Å². The van der Waals surface area contributed by atoms with Crippen LogP contribution in [0.15, 0.2) is 47.4 Å². The van der Waals surface area contributed by atoms with Gasteiger partial charge in [-0.1, -0.05) is 0 Å². The first-order valence-electron chi connectivity index (χ1n) is 5.60. The highest BCUT2D eigenvalue weighted by molar-refractivity contribution is 7.98. The summed E-state index contributed by atoms with van der Waals surface area (Å²) in [5.74, 6) is -0.843. The second kappa shape index (κ2) is 5.75. The van der Waals surface area contributed by atoms with Crippen LogP contribution in [0.4, 0.5) is 15.8 Å². The molecule has 0 aliphatic rings. The average molecular weight is 276 g/mol. The Balaban J connectivity index is 2.13. The quantitative estimate of drug-likeness (QED) is 0.667. The van der Waals surface area contributed by atoms with E-state index >= 15 is 0 Å². The van der Waals surface area contributed by atoms with Crippen LogP contribution in [-0.4, -0.2) is 12.2 Å². The van der Waals surface area contributed by atoms with Crippen LogP contribution >= 0.6 is 11.8 Å². The zero-order valence-corrected chi connectivity index (χ0v) is 11.1. The number of nitrogen functional groups attached to an aromatic ring is 1. The first kappa shape index (κ1) is 13.4. The lowest BCUT2D eigenvalue weighted by Gasteiger charge is -2.07. The van der Waals surface area contributed by atoms with Crippen LogP contribution in [0, 0.1) is 5.82 Å². The van der Waals surface area contributed by atoms with Gasteiger partial charge in [-0.25, -0.2) is 4.39 Å². The van der Waals surface area contributed by atoms with Crippen LogP contribution in [0.3, 0.4) is 0 Å². The van der Waals surface area contributed by atoms with Gasteiger partial charge in [0.25, 0.3) is 5.91 Å². The second-order valence-corrected chi connectivity index (χ2v) is 4.80. The van der Waals surface area contributed by atoms with Crippen molar-refractivity contribution in [1.82, 2.24) is 0 Å². The van der Waals surface area contributed by atoms with E-state index in [1.165, 1.54) is 18.2 Å². The molecule has 2 rings (SSSR count). The standard InChI is InChI=1S/C14H13FN2OS/c1-19-11-5-3-10(4-6-11)17-14(18)9-2-7-12(15)13(16)8-9/h2-8H,16H2,1H3,(H,17,18). The van der Waals surface area contributed by atoms with Crippen LogP contribution in [0.5, 0.6) is 0 Å². The molecule has 5 heteroatoms. The number of thioether (sulfide) groups is 1. The van der Waals surface area contributed by atoms with Crippen molar-refractivity contribution in [3.8, 4) is 0 Å². The Morgan fingerprint density at radius 1 is 1.21 bits per heavy atom. The molecule has 19 heavy (non-hydrogen) atoms. The molecule has 0 spiro atoms. The number of hydrogen-bond donors (Lipinski definition) is 2. The molecule has 2 aromatic rings. The van der Waals surface area contributed by atoms with Crippen molar-refractivity contribution >= 4 is 29.0 Å². The fourth-order valence-corrected chi connectivity index (χ4v) is 1.97. The minimum absolute atomic E-state index is 0.0367. The van der Waals surface area contributed by atoms with Gasteiger partial charge < -0.3 is 11.1 Å². The van der Waals surface area contributed by atoms with Gasteiger partial charge in [0.05, 0.1) is 5.69 Å². The summed E-state index contributed by atoms with van der Waals surface area (Å²) in [6.45, 7) is 0. The third kappa shape index (κ3) is 3.26. The van der Waals surface area contributed by atoms with E-state index < -0.39 is 5.82 Å². The summed E-state index contributed by atoms with van der Waals surface area (Å²) in [6, 6.07) is 11.4. The van der Waals surface area contributed by atoms with Crippen LogP contribution in [0.1, 0.15) is 10.4 Å². The monoisotopic (exact) mass is 276 g/mol. The smallest absolute Gasteiger partial charge is 0.255 e. The van der Waals surface area contributed by atoms with Crippen LogP contribution in [0.25, 0.3) is 0 Å². The highest BCUT2D eigenvalue weighted by Gasteiger charge is 2.08. The number of rotatable bonds is 3. The molecule has 0 bridgehead atoms. The van der Waals surface area contributed by atoms with Gasteiger partial charge in [-0.15, -0.1) is 11.8 Å². The first-order chi connectivity index (χ1) is 9.10. The summed E-state index contributed by atoms with van der Waals surface area (Å²) in [4.78, 5) is 13.1. The highest BCUT2D eigenvalue weighted by atomic mass is 32.2. The summed E-state index contributed by atoms with van der Waals surface area (Å²) in [5, 5.41) is 2.73. The molecule has 0 fully saturated rings. The van der Waals surface area contributed by atoms with E-state index in [0.717, 1.165) is 4.90 Å². The largest absolute Gasteiger partial charge is 0.396 e. The zero-order chi connectivity index (χ0) is 13.8. The SMILES string of the molecule is CSc1ccc(NC(=O)c2ccc(F)c(N)c2)cc1. The first-order valence-corrected chi connectivity index (χ1v) is 6.83. The Morgan fingerprint density at radius 2 is 1.89 bits per heavy atom. The number of carbonyl (C=O) groups excluding carboxylic acids is 1. The summed E-state index contributed by atoms with van der Waals surface area (Å²) < 4.78 is 13.0. The Hall–Kier alpha value is -2.01. The van der Waals surface area contributed by atoms with Gasteiger partial charge in [0.2, 0.25) is 0 Å². The molecule has 98 valence electrons. The molecular formula is C14H13FN2OS. The van der Waals surface area contributed by atoms with Crippen LogP contribution in [-0.2, 0) is 0 Å². The van der Waals surface area contributed by atoms with Crippen LogP contribution < -0.4 is 11.1 Å². The summed E-state index contributed by atoms with van der Waals surface area (Å²) >= 11 is 1.63. The number of hydrogen-bond acceptors (Lipinski definition) is 3. The maximum absolute atomic E-state index is 13.0. The predicted octanol–water partition coefficient (Wildman–Crippen LogP) is 3.38. The molecule has 0 aliphatic carbocycles. The van der Waals surface area contributed by atoms with Crippen molar-refractivity contribution in [3.63, 3.8) is 0 Å². The predicted molar refractivity (Wildman–Crippen MR) is 77.0 cm³/mol. The van der Waals surface area contributed by atoms with Crippen molar-refractivity contribution in [2.24, 2.45) is 0 Å². The Kier molecular flexibility index (Phi) is 4.06. The molecule has 0 saturated heterocycles. The number of nitrogens with one attached hydrogen (secondary N) is 1. The summed E-state index contributed by atoms with van der Waals surface area (Å²) in [6.07, 6.45) is 1.98. The van der Waals surface area contributed by atoms with E-state index in [9.17, 15) is 9.18 Å². The normalized spacial score (nSPS) is 10.2. The lowest BCUT2D eigenvalue weighted by molar-refractivity contribution is 0.102. The van der Waals surface area contributed by atoms with Crippen molar-refractivity contribution < 1.29 is 9.18 Å². The number of nitrogens with two attached hydrogens (primary N) is 1. The van der Waals surface area contributed by atoms with E-state index in [1.807, 2.05) is 30.5 Å². The summed E-state index contributed by atoms with van der Waals surface area (Å²) in [5.41, 5.74) is 6.41. The number of carbonyl (C=O) groups is 1. The lowest BCUT2D eigenvalue weighted by Crippen LogP contribution is -2.12. The van der Waals surface area contributed by atoms with Crippen molar-refractivity contribution in [1.29, 1.82) is 0 Å². The van der Waals surface area contributed by atoms with Gasteiger partial charge in [-0.2, -0.15) is 0 Å². The molecule has 2 aromatic carbocycles. The molecular weight excluding hydrogens is 263 g/mol. The van der Waals surface area contributed by atoms with Crippen molar-refractivity contribution in [2.45, 2.75) is 4.90 Å². The Bertz CT molecular complexity index is 599. The molecule has 0 aromatic heterocycles. The molecule has 0 atom stereocenters. The van der Waals surface area contributed by atoms with Gasteiger partial charge in [0.1, 0.15) is 5.82 Å². The lowest BCUT2D eigenvalue weighted by atomic mass is 10.2. The molecule has 3 N–H and O–H groups in total. The molecule has 0 heterocycles. The van der Waals surface area contributed by atoms with Gasteiger partial charge in [-0.3, -0.25) is 4.79 Å². The number of anilines is 2. The second-order valence-electron chi connectivity index (χ2n) is 3.92. The Labute approximate surface area is 115 Å². The zero-order valence-electron chi connectivity index (χ0n) is 10.3. The highest BCUT2D eigenvalue weighted by Crippen LogP contribution is 2.19. The van der Waals surface area contributed by atoms with E-state index in [-0.39, 0.29) is 11.6 Å². The fraction of sp³-hybridized carbons (Fsp3) is 0.0714. The number of halogens is 1. The molecule has 0 unspecified atom stereocenters. The van der Waals surface area contributed by atoms with Crippen molar-refractivity contribution in [3.05, 3.63) is 53.8 Å². The average Bonchev–Trinajstić information content (AvgIpc) is 2.42. The number of benzene rings is 2. The van der Waals surface area contributed by atoms with Gasteiger partial charge >= 0.3 is 0 Å². The van der Waals surface area contributed by atoms with E-state index in [1.54, 1.807) is 11.8 Å².